The predicted octanol–water partition coefficient (Wildman–Crippen LogP) is 6.21. The smallest absolute Gasteiger partial charge is 0.323 e. The average molecular weight is 553 g/mol. The van der Waals surface area contributed by atoms with Gasteiger partial charge in [0.15, 0.2) is 5.69 Å². The van der Waals surface area contributed by atoms with Gasteiger partial charge in [-0.2, -0.15) is 0 Å². The molecule has 5 rings (SSSR count). The van der Waals surface area contributed by atoms with Crippen LogP contribution in [0.1, 0.15) is 21.5 Å². The third-order valence-electron chi connectivity index (χ3n) is 6.55. The number of anilines is 6. The zero-order valence-electron chi connectivity index (χ0n) is 22.0. The molecule has 0 radical (unpaired) electrons. The number of rotatable bonds is 7. The Morgan fingerprint density at radius 2 is 1.39 bits per heavy atom. The highest BCUT2D eigenvalue weighted by Crippen LogP contribution is 2.46. The molecule has 41 heavy (non-hydrogen) atoms. The van der Waals surface area contributed by atoms with Crippen LogP contribution in [0.3, 0.4) is 0 Å². The van der Waals surface area contributed by atoms with Gasteiger partial charge in [-0.1, -0.05) is 47.5 Å². The molecule has 3 N–H and O–H groups in total. The van der Waals surface area contributed by atoms with Gasteiger partial charge < -0.3 is 16.0 Å². The van der Waals surface area contributed by atoms with Crippen molar-refractivity contribution in [3.63, 3.8) is 0 Å². The maximum Gasteiger partial charge on any atom is 0.323 e. The molecule has 0 atom stereocenters. The summed E-state index contributed by atoms with van der Waals surface area (Å²) in [6, 6.07) is 21.2. The molecule has 0 saturated heterocycles. The zero-order valence-corrected chi connectivity index (χ0v) is 22.0. The monoisotopic (exact) mass is 552 g/mol. The van der Waals surface area contributed by atoms with E-state index >= 15 is 0 Å². The molecule has 0 aliphatic carbocycles. The SMILES string of the molecule is Cc1ccc(Nc2c(C(=O)N3CC(=O)Nc4ccccc43)cc([N+](=O)[O-])c(Nc3ccc(C)cc3)c2[N+](=O)[O-])cc1. The summed E-state index contributed by atoms with van der Waals surface area (Å²) in [7, 11) is 0. The highest BCUT2D eigenvalue weighted by Gasteiger charge is 2.38. The van der Waals surface area contributed by atoms with Crippen LogP contribution in [0.25, 0.3) is 0 Å². The molecule has 4 aromatic rings. The highest BCUT2D eigenvalue weighted by molar-refractivity contribution is 6.19. The Labute approximate surface area is 233 Å². The molecule has 12 heteroatoms. The van der Waals surface area contributed by atoms with Gasteiger partial charge in [0, 0.05) is 17.4 Å². The summed E-state index contributed by atoms with van der Waals surface area (Å²) in [5.74, 6) is -1.30. The average Bonchev–Trinajstić information content (AvgIpc) is 2.94. The highest BCUT2D eigenvalue weighted by atomic mass is 16.6. The van der Waals surface area contributed by atoms with Crippen LogP contribution in [-0.2, 0) is 4.79 Å². The lowest BCUT2D eigenvalue weighted by molar-refractivity contribution is -0.391. The largest absolute Gasteiger partial charge is 0.349 e. The van der Waals surface area contributed by atoms with E-state index in [-0.39, 0.29) is 17.8 Å². The number of nitrogens with zero attached hydrogens (tertiary/aromatic N) is 3. The normalized spacial score (nSPS) is 12.2. The number of benzene rings is 4. The minimum atomic E-state index is -0.824. The summed E-state index contributed by atoms with van der Waals surface area (Å²) >= 11 is 0. The van der Waals surface area contributed by atoms with Crippen molar-refractivity contribution in [1.82, 2.24) is 0 Å². The first kappa shape index (κ1) is 26.8. The van der Waals surface area contributed by atoms with Crippen LogP contribution in [0.4, 0.5) is 45.5 Å². The van der Waals surface area contributed by atoms with E-state index in [9.17, 15) is 29.8 Å². The second-order valence-electron chi connectivity index (χ2n) is 9.49. The molecule has 12 nitrogen and oxygen atoms in total. The Morgan fingerprint density at radius 1 is 0.829 bits per heavy atom. The van der Waals surface area contributed by atoms with Gasteiger partial charge in [-0.15, -0.1) is 0 Å². The molecule has 1 aliphatic rings. The fourth-order valence-corrected chi connectivity index (χ4v) is 4.52. The van der Waals surface area contributed by atoms with Crippen molar-refractivity contribution >= 4 is 57.3 Å². The van der Waals surface area contributed by atoms with Crippen LogP contribution in [-0.4, -0.2) is 28.2 Å². The molecule has 0 fully saturated rings. The van der Waals surface area contributed by atoms with Gasteiger partial charge in [0.05, 0.1) is 26.8 Å². The molecule has 2 amide bonds. The van der Waals surface area contributed by atoms with Crippen LogP contribution >= 0.6 is 0 Å². The molecular weight excluding hydrogens is 528 g/mol. The Morgan fingerprint density at radius 3 is 1.95 bits per heavy atom. The summed E-state index contributed by atoms with van der Waals surface area (Å²) in [5.41, 5.74) is 1.00. The van der Waals surface area contributed by atoms with Crippen LogP contribution in [0, 0.1) is 34.1 Å². The lowest BCUT2D eigenvalue weighted by Crippen LogP contribution is -2.42. The molecule has 0 spiro atoms. The lowest BCUT2D eigenvalue weighted by atomic mass is 10.0. The number of hydrogen-bond donors (Lipinski definition) is 3. The van der Waals surface area contributed by atoms with Crippen LogP contribution in [0.15, 0.2) is 78.9 Å². The Hall–Kier alpha value is -5.78. The minimum Gasteiger partial charge on any atom is -0.349 e. The number of fused-ring (bicyclic) bond motifs is 1. The molecule has 1 aliphatic heterocycles. The number of carbonyl (C=O) groups excluding carboxylic acids is 2. The fraction of sp³-hybridized carbons (Fsp3) is 0.103. The van der Waals surface area contributed by atoms with Crippen molar-refractivity contribution in [2.45, 2.75) is 13.8 Å². The molecule has 206 valence electrons. The van der Waals surface area contributed by atoms with E-state index in [2.05, 4.69) is 16.0 Å². The van der Waals surface area contributed by atoms with Crippen molar-refractivity contribution in [3.05, 3.63) is 116 Å². The Balaban J connectivity index is 1.75. The maximum absolute atomic E-state index is 14.1. The Bertz CT molecular complexity index is 1700. The molecule has 0 aromatic heterocycles. The lowest BCUT2D eigenvalue weighted by Gasteiger charge is -2.29. The summed E-state index contributed by atoms with van der Waals surface area (Å²) in [5, 5.41) is 33.4. The van der Waals surface area contributed by atoms with E-state index in [0.29, 0.717) is 22.7 Å². The second kappa shape index (κ2) is 10.8. The number of para-hydroxylation sites is 2. The second-order valence-corrected chi connectivity index (χ2v) is 9.49. The van der Waals surface area contributed by atoms with Crippen LogP contribution < -0.4 is 20.9 Å². The third-order valence-corrected chi connectivity index (χ3v) is 6.55. The molecule has 0 bridgehead atoms. The van der Waals surface area contributed by atoms with Gasteiger partial charge >= 0.3 is 11.4 Å². The molecule has 1 heterocycles. The van der Waals surface area contributed by atoms with Gasteiger partial charge in [0.2, 0.25) is 5.91 Å². The van der Waals surface area contributed by atoms with Crippen LogP contribution in [0.2, 0.25) is 0 Å². The number of nitrogens with one attached hydrogen (secondary N) is 3. The van der Waals surface area contributed by atoms with Gasteiger partial charge in [0.1, 0.15) is 12.2 Å². The van der Waals surface area contributed by atoms with Gasteiger partial charge in [0.25, 0.3) is 5.91 Å². The van der Waals surface area contributed by atoms with Crippen molar-refractivity contribution in [3.8, 4) is 0 Å². The summed E-state index contributed by atoms with van der Waals surface area (Å²) in [4.78, 5) is 51.0. The predicted molar refractivity (Wildman–Crippen MR) is 155 cm³/mol. The first-order chi connectivity index (χ1) is 19.6. The number of nitro benzene ring substituents is 2. The molecule has 0 saturated carbocycles. The van der Waals surface area contributed by atoms with Crippen molar-refractivity contribution in [2.75, 3.05) is 27.4 Å². The summed E-state index contributed by atoms with van der Waals surface area (Å²) in [6.45, 7) is 3.35. The van der Waals surface area contributed by atoms with E-state index in [1.807, 2.05) is 13.8 Å². The van der Waals surface area contributed by atoms with E-state index in [4.69, 9.17) is 0 Å². The molecular formula is C29H24N6O6. The number of amides is 2. The van der Waals surface area contributed by atoms with E-state index in [1.165, 1.54) is 0 Å². The van der Waals surface area contributed by atoms with Gasteiger partial charge in [-0.25, -0.2) is 0 Å². The first-order valence-corrected chi connectivity index (χ1v) is 12.5. The molecule has 0 unspecified atom stereocenters. The van der Waals surface area contributed by atoms with Crippen molar-refractivity contribution in [2.24, 2.45) is 0 Å². The van der Waals surface area contributed by atoms with Gasteiger partial charge in [-0.3, -0.25) is 34.7 Å². The van der Waals surface area contributed by atoms with Gasteiger partial charge in [-0.05, 0) is 50.2 Å². The van der Waals surface area contributed by atoms with Crippen molar-refractivity contribution < 1.29 is 19.4 Å². The minimum absolute atomic E-state index is 0.257. The quantitative estimate of drug-likeness (QED) is 0.180. The number of aryl methyl sites for hydroxylation is 2. The number of hydrogen-bond acceptors (Lipinski definition) is 8. The number of nitro groups is 2. The standard InChI is InChI=1S/C29H24N6O6/c1-17-7-11-19(12-8-17)30-26-21(29(37)33-16-25(36)32-22-5-3-4-6-23(22)33)15-24(34(38)39)27(28(26)35(40)41)31-20-13-9-18(2)10-14-20/h3-15,30-31H,16H2,1-2H3,(H,32,36). The Kier molecular flexibility index (Phi) is 7.04. The third kappa shape index (κ3) is 5.39. The molecule has 4 aromatic carbocycles. The van der Waals surface area contributed by atoms with Crippen molar-refractivity contribution in [1.29, 1.82) is 0 Å². The van der Waals surface area contributed by atoms with Crippen LogP contribution in [0.5, 0.6) is 0 Å². The van der Waals surface area contributed by atoms with E-state index in [1.54, 1.807) is 72.8 Å². The fourth-order valence-electron chi connectivity index (χ4n) is 4.52. The number of carbonyl (C=O) groups is 2. The topological polar surface area (TPSA) is 160 Å². The van der Waals surface area contributed by atoms with E-state index in [0.717, 1.165) is 22.1 Å². The maximum atomic E-state index is 14.1. The van der Waals surface area contributed by atoms with E-state index < -0.39 is 38.7 Å². The first-order valence-electron chi connectivity index (χ1n) is 12.5. The zero-order chi connectivity index (χ0) is 29.3. The summed E-state index contributed by atoms with van der Waals surface area (Å²) in [6.07, 6.45) is 0. The summed E-state index contributed by atoms with van der Waals surface area (Å²) < 4.78 is 0.